The maximum atomic E-state index is 14.9. The van der Waals surface area contributed by atoms with Crippen LogP contribution < -0.4 is 4.90 Å². The molecule has 0 radical (unpaired) electrons. The fraction of sp³-hybridized carbons (Fsp3) is 0.393. The molecule has 8 heteroatoms. The Morgan fingerprint density at radius 3 is 2.33 bits per heavy atom. The first-order chi connectivity index (χ1) is 17.3. The zero-order chi connectivity index (χ0) is 25.4. The molecule has 1 N–H and O–H groups in total. The van der Waals surface area contributed by atoms with Gasteiger partial charge in [0.2, 0.25) is 5.91 Å². The van der Waals surface area contributed by atoms with E-state index in [1.54, 1.807) is 17.2 Å². The average molecular weight is 493 g/mol. The second kappa shape index (κ2) is 9.58. The maximum Gasteiger partial charge on any atom is 0.228 e. The number of aromatic nitrogens is 2. The average Bonchev–Trinajstić information content (AvgIpc) is 3.32. The van der Waals surface area contributed by atoms with Crippen molar-refractivity contribution in [3.8, 4) is 0 Å². The van der Waals surface area contributed by atoms with Crippen LogP contribution in [0.4, 0.5) is 14.6 Å². The molecule has 1 aromatic heterocycles. The second-order valence-electron chi connectivity index (χ2n) is 10.1. The molecular formula is C28H30F2N4O2. The zero-order valence-electron chi connectivity index (χ0n) is 20.4. The van der Waals surface area contributed by atoms with E-state index in [0.29, 0.717) is 37.6 Å². The lowest BCUT2D eigenvalue weighted by atomic mass is 9.70. The van der Waals surface area contributed by atoms with Crippen LogP contribution in [-0.2, 0) is 10.4 Å². The van der Waals surface area contributed by atoms with Crippen molar-refractivity contribution in [2.24, 2.45) is 17.8 Å². The van der Waals surface area contributed by atoms with Crippen molar-refractivity contribution in [3.05, 3.63) is 89.6 Å². The third-order valence-electron chi connectivity index (χ3n) is 7.92. The highest BCUT2D eigenvalue weighted by Gasteiger charge is 2.49. The summed E-state index contributed by atoms with van der Waals surface area (Å²) in [4.78, 5) is 17.7. The summed E-state index contributed by atoms with van der Waals surface area (Å²) in [6.45, 7) is 5.40. The van der Waals surface area contributed by atoms with E-state index >= 15 is 0 Å². The monoisotopic (exact) mass is 492 g/mol. The predicted octanol–water partition coefficient (Wildman–Crippen LogP) is 3.98. The number of hydrogen-bond acceptors (Lipinski definition) is 5. The summed E-state index contributed by atoms with van der Waals surface area (Å²) >= 11 is 0. The number of nitrogens with zero attached hydrogens (tertiary/aromatic N) is 4. The third kappa shape index (κ3) is 4.23. The molecule has 2 aromatic carbocycles. The Morgan fingerprint density at radius 2 is 1.69 bits per heavy atom. The highest BCUT2D eigenvalue weighted by molar-refractivity contribution is 5.82. The van der Waals surface area contributed by atoms with Crippen molar-refractivity contribution in [1.82, 2.24) is 15.1 Å². The molecule has 5 rings (SSSR count). The number of hydrogen-bond donors (Lipinski definition) is 1. The van der Waals surface area contributed by atoms with E-state index in [9.17, 15) is 18.7 Å². The van der Waals surface area contributed by atoms with E-state index < -0.39 is 29.1 Å². The number of rotatable bonds is 4. The molecule has 0 saturated carbocycles. The van der Waals surface area contributed by atoms with Crippen LogP contribution in [-0.4, -0.2) is 52.3 Å². The highest BCUT2D eigenvalue weighted by atomic mass is 19.1. The lowest BCUT2D eigenvalue weighted by Crippen LogP contribution is -2.57. The van der Waals surface area contributed by atoms with E-state index in [1.165, 1.54) is 12.1 Å². The molecule has 6 nitrogen and oxygen atoms in total. The quantitative estimate of drug-likeness (QED) is 0.597. The lowest BCUT2D eigenvalue weighted by Gasteiger charge is -2.48. The predicted molar refractivity (Wildman–Crippen MR) is 132 cm³/mol. The first kappa shape index (κ1) is 24.3. The maximum absolute atomic E-state index is 14.9. The first-order valence-corrected chi connectivity index (χ1v) is 12.3. The van der Waals surface area contributed by atoms with Gasteiger partial charge >= 0.3 is 0 Å². The number of carbonyl (C=O) groups is 1. The van der Waals surface area contributed by atoms with Gasteiger partial charge in [-0.2, -0.15) is 5.10 Å². The lowest BCUT2D eigenvalue weighted by molar-refractivity contribution is -0.152. The van der Waals surface area contributed by atoms with Crippen LogP contribution in [0.1, 0.15) is 30.9 Å². The van der Waals surface area contributed by atoms with Crippen molar-refractivity contribution in [1.29, 1.82) is 0 Å². The number of likely N-dealkylation sites (tertiary alicyclic amines) is 1. The molecular weight excluding hydrogens is 462 g/mol. The summed E-state index contributed by atoms with van der Waals surface area (Å²) in [5.74, 6) is -2.21. The number of benzene rings is 2. The van der Waals surface area contributed by atoms with E-state index in [4.69, 9.17) is 0 Å². The molecule has 2 fully saturated rings. The number of amides is 1. The molecule has 2 aliphatic heterocycles. The molecule has 0 bridgehead atoms. The van der Waals surface area contributed by atoms with Gasteiger partial charge in [0.1, 0.15) is 11.6 Å². The Balaban J connectivity index is 1.43. The minimum atomic E-state index is -1.05. The molecule has 188 valence electrons. The molecule has 5 atom stereocenters. The van der Waals surface area contributed by atoms with E-state index in [0.717, 1.165) is 11.6 Å². The second-order valence-corrected chi connectivity index (χ2v) is 10.1. The highest BCUT2D eigenvalue weighted by Crippen LogP contribution is 2.43. The number of carbonyl (C=O) groups excluding carboxylic acids is 1. The van der Waals surface area contributed by atoms with Crippen LogP contribution in [0.2, 0.25) is 0 Å². The summed E-state index contributed by atoms with van der Waals surface area (Å²) in [7, 11) is 0. The molecule has 3 aromatic rings. The third-order valence-corrected chi connectivity index (χ3v) is 7.92. The standard InChI is InChI=1S/C28H30F2N4O2/c1-18-14-34(15-19(2)28(18,36)20-7-4-3-5-8-20)27(35)24-17-33(26-9-6-12-31-32-26)16-23(24)22-11-10-21(29)13-25(22)30/h3-13,18-19,23-24,36H,14-17H2,1-2H3/t18-,19+,23-,24+,28?/m1/s1. The van der Waals surface area contributed by atoms with E-state index in [1.807, 2.05) is 55.1 Å². The summed E-state index contributed by atoms with van der Waals surface area (Å²) in [5.41, 5.74) is 0.111. The fourth-order valence-corrected chi connectivity index (χ4v) is 6.01. The SMILES string of the molecule is C[C@@H]1CN(C(=O)[C@H]2CN(c3cccnn3)C[C@@H]2c2ccc(F)cc2F)C[C@H](C)C1(O)c1ccccc1. The van der Waals surface area contributed by atoms with Gasteiger partial charge in [-0.1, -0.05) is 50.2 Å². The topological polar surface area (TPSA) is 69.6 Å². The Labute approximate surface area is 209 Å². The molecule has 2 saturated heterocycles. The van der Waals surface area contributed by atoms with E-state index in [2.05, 4.69) is 10.2 Å². The smallest absolute Gasteiger partial charge is 0.228 e. The van der Waals surface area contributed by atoms with E-state index in [-0.39, 0.29) is 17.7 Å². The Morgan fingerprint density at radius 1 is 0.972 bits per heavy atom. The van der Waals surface area contributed by atoms with Crippen molar-refractivity contribution in [2.45, 2.75) is 25.4 Å². The molecule has 0 aliphatic carbocycles. The Bertz CT molecular complexity index is 1210. The first-order valence-electron chi connectivity index (χ1n) is 12.3. The normalized spacial score (nSPS) is 28.4. The van der Waals surface area contributed by atoms with Gasteiger partial charge in [-0.05, 0) is 29.3 Å². The van der Waals surface area contributed by atoms with Gasteiger partial charge in [0.05, 0.1) is 11.5 Å². The van der Waals surface area contributed by atoms with Crippen molar-refractivity contribution in [3.63, 3.8) is 0 Å². The summed E-state index contributed by atoms with van der Waals surface area (Å²) in [6.07, 6.45) is 1.57. The molecule has 0 spiro atoms. The largest absolute Gasteiger partial charge is 0.384 e. The number of anilines is 1. The van der Waals surface area contributed by atoms with Crippen LogP contribution in [0, 0.1) is 29.4 Å². The Kier molecular flexibility index (Phi) is 6.47. The molecule has 3 heterocycles. The molecule has 2 aliphatic rings. The number of aliphatic hydroxyl groups is 1. The van der Waals surface area contributed by atoms with Gasteiger partial charge < -0.3 is 14.9 Å². The summed E-state index contributed by atoms with van der Waals surface area (Å²) in [6, 6.07) is 16.7. The van der Waals surface area contributed by atoms with Gasteiger partial charge in [-0.3, -0.25) is 4.79 Å². The van der Waals surface area contributed by atoms with Gasteiger partial charge in [0.25, 0.3) is 0 Å². The zero-order valence-corrected chi connectivity index (χ0v) is 20.4. The van der Waals surface area contributed by atoms with Crippen molar-refractivity contribution >= 4 is 11.7 Å². The van der Waals surface area contributed by atoms with Crippen LogP contribution in [0.25, 0.3) is 0 Å². The summed E-state index contributed by atoms with van der Waals surface area (Å²) in [5, 5.41) is 19.8. The molecule has 36 heavy (non-hydrogen) atoms. The van der Waals surface area contributed by atoms with Crippen LogP contribution in [0.5, 0.6) is 0 Å². The van der Waals surface area contributed by atoms with Crippen LogP contribution >= 0.6 is 0 Å². The Hall–Kier alpha value is -3.39. The van der Waals surface area contributed by atoms with Crippen LogP contribution in [0.3, 0.4) is 0 Å². The number of halogens is 2. The van der Waals surface area contributed by atoms with Gasteiger partial charge in [-0.15, -0.1) is 5.10 Å². The molecule has 1 amide bonds. The van der Waals surface area contributed by atoms with Crippen LogP contribution in [0.15, 0.2) is 66.9 Å². The van der Waals surface area contributed by atoms with Gasteiger partial charge in [0, 0.05) is 56.2 Å². The van der Waals surface area contributed by atoms with Crippen molar-refractivity contribution in [2.75, 3.05) is 31.1 Å². The number of piperidine rings is 1. The minimum absolute atomic E-state index is 0.0936. The molecule has 1 unspecified atom stereocenters. The fourth-order valence-electron chi connectivity index (χ4n) is 6.01. The van der Waals surface area contributed by atoms with Crippen molar-refractivity contribution < 1.29 is 18.7 Å². The van der Waals surface area contributed by atoms with Gasteiger partial charge in [-0.25, -0.2) is 8.78 Å². The summed E-state index contributed by atoms with van der Waals surface area (Å²) < 4.78 is 28.5. The van der Waals surface area contributed by atoms with Gasteiger partial charge in [0.15, 0.2) is 5.82 Å². The minimum Gasteiger partial charge on any atom is -0.384 e.